The van der Waals surface area contributed by atoms with Crippen LogP contribution < -0.4 is 0 Å². The van der Waals surface area contributed by atoms with Crippen LogP contribution in [0.5, 0.6) is 0 Å². The fourth-order valence-corrected chi connectivity index (χ4v) is 3.02. The fraction of sp³-hybridized carbons (Fsp3) is 0.842. The Bertz CT molecular complexity index is 567. The van der Waals surface area contributed by atoms with Crippen molar-refractivity contribution in [3.8, 4) is 0 Å². The van der Waals surface area contributed by atoms with Crippen LogP contribution in [0.15, 0.2) is 12.1 Å². The van der Waals surface area contributed by atoms with Crippen LogP contribution in [0, 0.1) is 0 Å². The van der Waals surface area contributed by atoms with Gasteiger partial charge in [0.1, 0.15) is 0 Å². The predicted octanol–water partition coefficient (Wildman–Crippen LogP) is 3.59. The van der Waals surface area contributed by atoms with E-state index in [4.69, 9.17) is 23.4 Å². The van der Waals surface area contributed by atoms with E-state index in [-0.39, 0.29) is 12.4 Å². The van der Waals surface area contributed by atoms with E-state index in [1.807, 2.05) is 55.4 Å². The van der Waals surface area contributed by atoms with Crippen molar-refractivity contribution in [1.29, 1.82) is 0 Å². The Morgan fingerprint density at radius 2 is 1.30 bits per heavy atom. The zero-order chi connectivity index (χ0) is 20.8. The number of esters is 1. The molecule has 8 heteroatoms. The molecule has 2 aliphatic rings. The van der Waals surface area contributed by atoms with Crippen molar-refractivity contribution in [3.05, 3.63) is 12.1 Å². The van der Waals surface area contributed by atoms with Gasteiger partial charge >= 0.3 is 20.2 Å². The van der Waals surface area contributed by atoms with Gasteiger partial charge in [0, 0.05) is 12.2 Å². The van der Waals surface area contributed by atoms with E-state index in [2.05, 4.69) is 6.58 Å². The number of carbonyl (C=O) groups is 1. The molecule has 0 aliphatic carbocycles. The topological polar surface area (TPSA) is 63.2 Å². The molecule has 0 N–H and O–H groups in total. The lowest BCUT2D eigenvalue weighted by molar-refractivity contribution is -0.143. The highest BCUT2D eigenvalue weighted by Crippen LogP contribution is 2.46. The molecule has 27 heavy (non-hydrogen) atoms. The molecule has 2 heterocycles. The Hall–Kier alpha value is -0.820. The monoisotopic (exact) mass is 380 g/mol. The lowest BCUT2D eigenvalue weighted by Crippen LogP contribution is -2.41. The molecule has 0 spiro atoms. The molecule has 0 saturated carbocycles. The molecule has 152 valence electrons. The molecule has 2 aliphatic heterocycles. The van der Waals surface area contributed by atoms with Crippen LogP contribution in [0.25, 0.3) is 0 Å². The Kier molecular flexibility index (Phi) is 6.00. The third kappa shape index (κ3) is 4.29. The highest BCUT2D eigenvalue weighted by Gasteiger charge is 2.58. The van der Waals surface area contributed by atoms with Crippen molar-refractivity contribution < 1.29 is 28.1 Å². The average Bonchev–Trinajstić information content (AvgIpc) is 2.84. The van der Waals surface area contributed by atoms with Crippen LogP contribution in [-0.4, -0.2) is 49.2 Å². The van der Waals surface area contributed by atoms with Gasteiger partial charge in [0.25, 0.3) is 0 Å². The highest BCUT2D eigenvalue weighted by atomic mass is 16.7. The first kappa shape index (κ1) is 22.5. The second kappa shape index (κ2) is 7.21. The van der Waals surface area contributed by atoms with E-state index in [0.29, 0.717) is 12.1 Å². The molecule has 2 fully saturated rings. The largest absolute Gasteiger partial charge is 0.489 e. The quantitative estimate of drug-likeness (QED) is 0.519. The summed E-state index contributed by atoms with van der Waals surface area (Å²) in [6.07, 6.45) is 0.0909. The summed E-state index contributed by atoms with van der Waals surface area (Å²) < 4.78 is 29.8. The molecule has 0 aromatic rings. The molecular weight excluding hydrogens is 346 g/mol. The number of carbonyl (C=O) groups excluding carboxylic acids is 1. The average molecular weight is 380 g/mol. The van der Waals surface area contributed by atoms with Gasteiger partial charge in [-0.15, -0.1) is 6.58 Å². The number of hydrogen-bond donors (Lipinski definition) is 0. The van der Waals surface area contributed by atoms with Crippen molar-refractivity contribution in [2.75, 3.05) is 6.61 Å². The summed E-state index contributed by atoms with van der Waals surface area (Å²) in [5.41, 5.74) is -1.39. The number of rotatable bonds is 6. The zero-order valence-corrected chi connectivity index (χ0v) is 18.3. The van der Waals surface area contributed by atoms with Crippen molar-refractivity contribution in [2.45, 2.75) is 97.0 Å². The predicted molar refractivity (Wildman–Crippen MR) is 106 cm³/mol. The Labute approximate surface area is 164 Å². The van der Waals surface area contributed by atoms with E-state index in [1.165, 1.54) is 0 Å². The van der Waals surface area contributed by atoms with Crippen LogP contribution in [0.3, 0.4) is 0 Å². The first-order valence-corrected chi connectivity index (χ1v) is 9.69. The SMILES string of the molecule is C=C(B1OC(C)(C)C(C)(C)O1)C(CC(=O)OCC)B1OC(C)(C)C(C)(C)O1. The second-order valence-corrected chi connectivity index (χ2v) is 9.40. The van der Waals surface area contributed by atoms with Gasteiger partial charge in [-0.05, 0) is 67.8 Å². The molecule has 1 unspecified atom stereocenters. The summed E-state index contributed by atoms with van der Waals surface area (Å²) in [5.74, 6) is -0.769. The molecule has 0 aromatic carbocycles. The van der Waals surface area contributed by atoms with Crippen molar-refractivity contribution in [2.24, 2.45) is 0 Å². The van der Waals surface area contributed by atoms with E-state index in [1.54, 1.807) is 6.92 Å². The molecule has 2 rings (SSSR count). The third-order valence-electron chi connectivity index (χ3n) is 6.32. The highest BCUT2D eigenvalue weighted by molar-refractivity contribution is 6.60. The van der Waals surface area contributed by atoms with Crippen LogP contribution in [0.4, 0.5) is 0 Å². The normalized spacial score (nSPS) is 26.1. The maximum atomic E-state index is 12.3. The van der Waals surface area contributed by atoms with Gasteiger partial charge in [-0.3, -0.25) is 4.79 Å². The molecule has 0 radical (unpaired) electrons. The van der Waals surface area contributed by atoms with Crippen LogP contribution in [0.2, 0.25) is 5.82 Å². The lowest BCUT2D eigenvalue weighted by atomic mass is 9.56. The first-order valence-electron chi connectivity index (χ1n) is 9.69. The van der Waals surface area contributed by atoms with E-state index in [0.717, 1.165) is 0 Å². The zero-order valence-electron chi connectivity index (χ0n) is 18.3. The molecule has 0 amide bonds. The van der Waals surface area contributed by atoms with Gasteiger partial charge in [0.2, 0.25) is 0 Å². The molecule has 6 nitrogen and oxygen atoms in total. The summed E-state index contributed by atoms with van der Waals surface area (Å²) in [6.45, 7) is 22.1. The van der Waals surface area contributed by atoms with Crippen LogP contribution in [-0.2, 0) is 28.1 Å². The van der Waals surface area contributed by atoms with Crippen molar-refractivity contribution in [1.82, 2.24) is 0 Å². The van der Waals surface area contributed by atoms with Gasteiger partial charge in [-0.1, -0.05) is 0 Å². The number of allylic oxidation sites excluding steroid dienone is 1. The molecule has 2 saturated heterocycles. The number of ether oxygens (including phenoxy) is 1. The number of hydrogen-bond acceptors (Lipinski definition) is 6. The molecule has 0 bridgehead atoms. The van der Waals surface area contributed by atoms with Crippen LogP contribution >= 0.6 is 0 Å². The minimum Gasteiger partial charge on any atom is -0.466 e. The minimum atomic E-state index is -0.645. The maximum Gasteiger partial charge on any atom is 0.489 e. The van der Waals surface area contributed by atoms with Crippen molar-refractivity contribution in [3.63, 3.8) is 0 Å². The summed E-state index contributed by atoms with van der Waals surface area (Å²) >= 11 is 0. The lowest BCUT2D eigenvalue weighted by Gasteiger charge is -2.32. The second-order valence-electron chi connectivity index (χ2n) is 9.40. The van der Waals surface area contributed by atoms with Gasteiger partial charge in [0.15, 0.2) is 0 Å². The Morgan fingerprint density at radius 3 is 1.70 bits per heavy atom. The summed E-state index contributed by atoms with van der Waals surface area (Å²) in [4.78, 5) is 12.3. The van der Waals surface area contributed by atoms with E-state index in [9.17, 15) is 4.79 Å². The van der Waals surface area contributed by atoms with E-state index < -0.39 is 42.5 Å². The van der Waals surface area contributed by atoms with Gasteiger partial charge < -0.3 is 23.4 Å². The molecule has 0 aromatic heterocycles. The third-order valence-corrected chi connectivity index (χ3v) is 6.32. The Morgan fingerprint density at radius 1 is 0.889 bits per heavy atom. The molecular formula is C19H34B2O6. The standard InChI is InChI=1S/C19H34B2O6/c1-11-23-15(22)12-14(21-26-18(7,8)19(9,10)27-21)13(2)20-24-16(3,4)17(5,6)25-20/h14H,2,11-12H2,1,3-10H3. The summed E-state index contributed by atoms with van der Waals surface area (Å²) in [7, 11) is -1.28. The summed E-state index contributed by atoms with van der Waals surface area (Å²) in [5, 5.41) is 0. The minimum absolute atomic E-state index is 0.0909. The maximum absolute atomic E-state index is 12.3. The van der Waals surface area contributed by atoms with E-state index >= 15 is 0 Å². The Balaban J connectivity index is 2.26. The fourth-order valence-electron chi connectivity index (χ4n) is 3.02. The smallest absolute Gasteiger partial charge is 0.466 e. The summed E-state index contributed by atoms with van der Waals surface area (Å²) in [6, 6.07) is 0. The van der Waals surface area contributed by atoms with Crippen molar-refractivity contribution >= 4 is 20.2 Å². The first-order chi connectivity index (χ1) is 12.1. The van der Waals surface area contributed by atoms with Gasteiger partial charge in [0.05, 0.1) is 29.0 Å². The van der Waals surface area contributed by atoms with Gasteiger partial charge in [-0.25, -0.2) is 0 Å². The van der Waals surface area contributed by atoms with Gasteiger partial charge in [-0.2, -0.15) is 0 Å². The van der Waals surface area contributed by atoms with Crippen LogP contribution in [0.1, 0.15) is 68.7 Å². The molecule has 1 atom stereocenters.